The summed E-state index contributed by atoms with van der Waals surface area (Å²) >= 11 is 0. The number of halogens is 1. The number of carbonyl (C=O) groups is 1. The van der Waals surface area contributed by atoms with E-state index in [4.69, 9.17) is 4.74 Å². The van der Waals surface area contributed by atoms with Crippen molar-refractivity contribution in [2.24, 2.45) is 0 Å². The van der Waals surface area contributed by atoms with E-state index in [-0.39, 0.29) is 24.7 Å². The lowest BCUT2D eigenvalue weighted by molar-refractivity contribution is -0.131. The maximum absolute atomic E-state index is 13.5. The Morgan fingerprint density at radius 2 is 2.00 bits per heavy atom. The second-order valence-corrected chi connectivity index (χ2v) is 6.80. The lowest BCUT2D eigenvalue weighted by atomic mass is 10.0. The molecule has 0 spiro atoms. The molecule has 132 valence electrons. The first-order valence-electron chi connectivity index (χ1n) is 8.66. The molecule has 1 unspecified atom stereocenters. The number of hydrogen-bond donors (Lipinski definition) is 1. The minimum atomic E-state index is -0.799. The van der Waals surface area contributed by atoms with Gasteiger partial charge < -0.3 is 19.6 Å². The Morgan fingerprint density at radius 3 is 2.75 bits per heavy atom. The maximum atomic E-state index is 13.5. The summed E-state index contributed by atoms with van der Waals surface area (Å²) in [7, 11) is 0. The van der Waals surface area contributed by atoms with E-state index in [9.17, 15) is 14.3 Å². The number of aliphatic hydroxyl groups is 1. The average molecular weight is 336 g/mol. The van der Waals surface area contributed by atoms with Crippen LogP contribution in [0.4, 0.5) is 4.39 Å². The predicted molar refractivity (Wildman–Crippen MR) is 88.3 cm³/mol. The zero-order valence-electron chi connectivity index (χ0n) is 13.9. The van der Waals surface area contributed by atoms with E-state index >= 15 is 0 Å². The largest absolute Gasteiger partial charge is 0.490 e. The average Bonchev–Trinajstić information content (AvgIpc) is 3.19. The molecule has 0 radical (unpaired) electrons. The highest BCUT2D eigenvalue weighted by atomic mass is 19.1. The summed E-state index contributed by atoms with van der Waals surface area (Å²) in [6.07, 6.45) is 3.18. The van der Waals surface area contributed by atoms with Gasteiger partial charge in [0.25, 0.3) is 0 Å². The molecule has 6 heteroatoms. The SMILES string of the molecule is O=C(CCOc1ccccc1F)N1CCC(O)(CN2CCCC2)C1. The fourth-order valence-corrected chi connectivity index (χ4v) is 3.52. The minimum Gasteiger partial charge on any atom is -0.490 e. The fraction of sp³-hybridized carbons (Fsp3) is 0.611. The first-order valence-corrected chi connectivity index (χ1v) is 8.66. The van der Waals surface area contributed by atoms with E-state index < -0.39 is 11.4 Å². The van der Waals surface area contributed by atoms with Crippen molar-refractivity contribution < 1.29 is 19.0 Å². The van der Waals surface area contributed by atoms with Crippen LogP contribution in [-0.2, 0) is 4.79 Å². The summed E-state index contributed by atoms with van der Waals surface area (Å²) in [5.74, 6) is -0.313. The predicted octanol–water partition coefficient (Wildman–Crippen LogP) is 1.65. The molecule has 3 rings (SSSR count). The Balaban J connectivity index is 1.43. The first kappa shape index (κ1) is 17.2. The lowest BCUT2D eigenvalue weighted by Crippen LogP contribution is -2.45. The van der Waals surface area contributed by atoms with E-state index in [2.05, 4.69) is 4.90 Å². The van der Waals surface area contributed by atoms with Gasteiger partial charge in [-0.25, -0.2) is 4.39 Å². The molecule has 1 atom stereocenters. The number of para-hydroxylation sites is 1. The van der Waals surface area contributed by atoms with Gasteiger partial charge in [-0.05, 0) is 44.5 Å². The first-order chi connectivity index (χ1) is 11.6. The van der Waals surface area contributed by atoms with Crippen LogP contribution in [0.5, 0.6) is 5.75 Å². The number of nitrogens with zero attached hydrogens (tertiary/aromatic N) is 2. The number of benzene rings is 1. The zero-order valence-corrected chi connectivity index (χ0v) is 13.9. The molecule has 2 aliphatic heterocycles. The molecular weight excluding hydrogens is 311 g/mol. The van der Waals surface area contributed by atoms with Crippen LogP contribution in [0.25, 0.3) is 0 Å². The summed E-state index contributed by atoms with van der Waals surface area (Å²) in [4.78, 5) is 16.2. The molecule has 1 N–H and O–H groups in total. The van der Waals surface area contributed by atoms with Crippen LogP contribution >= 0.6 is 0 Å². The van der Waals surface area contributed by atoms with Crippen molar-refractivity contribution in [2.75, 3.05) is 39.3 Å². The van der Waals surface area contributed by atoms with Gasteiger partial charge in [-0.1, -0.05) is 12.1 Å². The highest BCUT2D eigenvalue weighted by Gasteiger charge is 2.39. The normalized spacial score (nSPS) is 24.5. The van der Waals surface area contributed by atoms with E-state index in [1.807, 2.05) is 0 Å². The van der Waals surface area contributed by atoms with Crippen LogP contribution in [0.1, 0.15) is 25.7 Å². The molecule has 0 aliphatic carbocycles. The minimum absolute atomic E-state index is 0.0521. The number of carbonyl (C=O) groups excluding carboxylic acids is 1. The highest BCUT2D eigenvalue weighted by Crippen LogP contribution is 2.25. The van der Waals surface area contributed by atoms with Crippen LogP contribution in [-0.4, -0.2) is 65.7 Å². The Labute approximate surface area is 142 Å². The van der Waals surface area contributed by atoms with Gasteiger partial charge in [-0.2, -0.15) is 0 Å². The van der Waals surface area contributed by atoms with Crippen molar-refractivity contribution in [3.05, 3.63) is 30.1 Å². The highest BCUT2D eigenvalue weighted by molar-refractivity contribution is 5.76. The van der Waals surface area contributed by atoms with Crippen molar-refractivity contribution in [3.63, 3.8) is 0 Å². The number of rotatable bonds is 6. The standard InChI is InChI=1S/C18H25FN2O3/c19-15-5-1-2-6-16(15)24-12-7-17(22)21-11-8-18(23,14-21)13-20-9-3-4-10-20/h1-2,5-6,23H,3-4,7-14H2. The summed E-state index contributed by atoms with van der Waals surface area (Å²) in [6, 6.07) is 6.17. The van der Waals surface area contributed by atoms with Crippen molar-refractivity contribution in [1.29, 1.82) is 0 Å². The van der Waals surface area contributed by atoms with E-state index in [1.54, 1.807) is 23.1 Å². The Hall–Kier alpha value is -1.66. The van der Waals surface area contributed by atoms with Crippen molar-refractivity contribution in [1.82, 2.24) is 9.80 Å². The van der Waals surface area contributed by atoms with Gasteiger partial charge in [0, 0.05) is 13.1 Å². The summed E-state index contributed by atoms with van der Waals surface area (Å²) in [5, 5.41) is 10.7. The van der Waals surface area contributed by atoms with Gasteiger partial charge in [0.1, 0.15) is 0 Å². The molecule has 0 bridgehead atoms. The number of amides is 1. The van der Waals surface area contributed by atoms with Crippen molar-refractivity contribution in [2.45, 2.75) is 31.3 Å². The van der Waals surface area contributed by atoms with Gasteiger partial charge in [-0.3, -0.25) is 4.79 Å². The van der Waals surface area contributed by atoms with Crippen LogP contribution in [0, 0.1) is 5.82 Å². The second kappa shape index (κ2) is 7.49. The van der Waals surface area contributed by atoms with Crippen molar-refractivity contribution in [3.8, 4) is 5.75 Å². The topological polar surface area (TPSA) is 53.0 Å². The Bertz CT molecular complexity index is 577. The molecule has 0 saturated carbocycles. The smallest absolute Gasteiger partial charge is 0.226 e. The van der Waals surface area contributed by atoms with Crippen LogP contribution in [0.2, 0.25) is 0 Å². The third-order valence-electron chi connectivity index (χ3n) is 4.81. The Kier molecular flexibility index (Phi) is 5.36. The van der Waals surface area contributed by atoms with Crippen LogP contribution in [0.3, 0.4) is 0 Å². The summed E-state index contributed by atoms with van der Waals surface area (Å²) in [5.41, 5.74) is -0.799. The third kappa shape index (κ3) is 4.24. The Morgan fingerprint density at radius 1 is 1.25 bits per heavy atom. The zero-order chi connectivity index (χ0) is 17.0. The molecule has 1 amide bonds. The van der Waals surface area contributed by atoms with E-state index in [0.29, 0.717) is 26.1 Å². The molecule has 5 nitrogen and oxygen atoms in total. The van der Waals surface area contributed by atoms with Crippen LogP contribution in [0.15, 0.2) is 24.3 Å². The molecule has 2 fully saturated rings. The number of hydrogen-bond acceptors (Lipinski definition) is 4. The molecular formula is C18H25FN2O3. The van der Waals surface area contributed by atoms with Gasteiger partial charge >= 0.3 is 0 Å². The van der Waals surface area contributed by atoms with Crippen molar-refractivity contribution >= 4 is 5.91 Å². The molecule has 1 aromatic carbocycles. The number of ether oxygens (including phenoxy) is 1. The monoisotopic (exact) mass is 336 g/mol. The lowest BCUT2D eigenvalue weighted by Gasteiger charge is -2.28. The summed E-state index contributed by atoms with van der Waals surface area (Å²) < 4.78 is 18.8. The molecule has 24 heavy (non-hydrogen) atoms. The fourth-order valence-electron chi connectivity index (χ4n) is 3.52. The van der Waals surface area contributed by atoms with Gasteiger partial charge in [-0.15, -0.1) is 0 Å². The second-order valence-electron chi connectivity index (χ2n) is 6.80. The van der Waals surface area contributed by atoms with Gasteiger partial charge in [0.2, 0.25) is 5.91 Å². The molecule has 2 aliphatic rings. The number of likely N-dealkylation sites (tertiary alicyclic amines) is 2. The maximum Gasteiger partial charge on any atom is 0.226 e. The van der Waals surface area contributed by atoms with Gasteiger partial charge in [0.15, 0.2) is 11.6 Å². The van der Waals surface area contributed by atoms with E-state index in [1.165, 1.54) is 18.9 Å². The van der Waals surface area contributed by atoms with Gasteiger partial charge in [0.05, 0.1) is 25.2 Å². The van der Waals surface area contributed by atoms with Crippen LogP contribution < -0.4 is 4.74 Å². The molecule has 1 aromatic rings. The molecule has 0 aromatic heterocycles. The third-order valence-corrected chi connectivity index (χ3v) is 4.81. The molecule has 2 heterocycles. The summed E-state index contributed by atoms with van der Waals surface area (Å²) in [6.45, 7) is 3.80. The number of β-amino-alcohol motifs (C(OH)–C–C–N with tert-alkyl or cyclic N) is 1. The molecule has 2 saturated heterocycles. The quantitative estimate of drug-likeness (QED) is 0.858. The van der Waals surface area contributed by atoms with E-state index in [0.717, 1.165) is 13.1 Å².